The third-order valence-corrected chi connectivity index (χ3v) is 13.7. The number of thiophene rings is 2. The van der Waals surface area contributed by atoms with Gasteiger partial charge in [-0.05, 0) is 125 Å². The molecule has 12 aromatic rings. The van der Waals surface area contributed by atoms with Crippen molar-refractivity contribution in [2.75, 3.05) is 0 Å². The van der Waals surface area contributed by atoms with Crippen LogP contribution < -0.4 is 0 Å². The molecule has 0 nitrogen and oxygen atoms in total. The van der Waals surface area contributed by atoms with Gasteiger partial charge in [-0.3, -0.25) is 0 Å². The highest BCUT2D eigenvalue weighted by Crippen LogP contribution is 2.45. The van der Waals surface area contributed by atoms with Gasteiger partial charge in [0.1, 0.15) is 0 Å². The molecule has 250 valence electrons. The highest BCUT2D eigenvalue weighted by Gasteiger charge is 2.17. The molecule has 0 spiro atoms. The Balaban J connectivity index is 0.979. The first-order valence-electron chi connectivity index (χ1n) is 18.5. The number of hydrogen-bond donors (Lipinski definition) is 0. The molecule has 0 amide bonds. The van der Waals surface area contributed by atoms with E-state index in [0.717, 1.165) is 0 Å². The van der Waals surface area contributed by atoms with Crippen LogP contribution in [0.1, 0.15) is 0 Å². The first-order valence-corrected chi connectivity index (χ1v) is 20.1. The topological polar surface area (TPSA) is 0 Å². The Labute approximate surface area is 319 Å². The quantitative estimate of drug-likeness (QED) is 0.160. The van der Waals surface area contributed by atoms with Crippen LogP contribution >= 0.6 is 22.7 Å². The van der Waals surface area contributed by atoms with Crippen LogP contribution in [0, 0.1) is 0 Å². The van der Waals surface area contributed by atoms with Crippen LogP contribution in [0.25, 0.3) is 117 Å². The molecule has 0 saturated heterocycles. The molecular weight excluding hydrogens is 689 g/mol. The number of fused-ring (bicyclic) bond motifs is 10. The van der Waals surface area contributed by atoms with Crippen LogP contribution in [0.4, 0.5) is 0 Å². The molecule has 0 bridgehead atoms. The Kier molecular flexibility index (Phi) is 6.48. The van der Waals surface area contributed by atoms with E-state index >= 15 is 0 Å². The summed E-state index contributed by atoms with van der Waals surface area (Å²) in [5.41, 5.74) is 7.54. The maximum atomic E-state index is 2.41. The van der Waals surface area contributed by atoms with Gasteiger partial charge in [0.05, 0.1) is 0 Å². The largest absolute Gasteiger partial charge is 0.135 e. The summed E-state index contributed by atoms with van der Waals surface area (Å²) in [6.45, 7) is 0. The molecule has 2 heterocycles. The van der Waals surface area contributed by atoms with Crippen molar-refractivity contribution in [2.24, 2.45) is 0 Å². The Bertz CT molecular complexity index is 3430. The average Bonchev–Trinajstić information content (AvgIpc) is 3.77. The lowest BCUT2D eigenvalue weighted by Crippen LogP contribution is -1.91. The number of hydrogen-bond acceptors (Lipinski definition) is 2. The van der Waals surface area contributed by atoms with E-state index in [9.17, 15) is 0 Å². The molecule has 0 unspecified atom stereocenters. The smallest absolute Gasteiger partial charge is 0.0361 e. The van der Waals surface area contributed by atoms with Crippen LogP contribution in [0.3, 0.4) is 0 Å². The van der Waals surface area contributed by atoms with Crippen molar-refractivity contribution in [2.45, 2.75) is 0 Å². The van der Waals surface area contributed by atoms with Gasteiger partial charge in [-0.1, -0.05) is 133 Å². The fourth-order valence-electron chi connectivity index (χ4n) is 8.85. The lowest BCUT2D eigenvalue weighted by Gasteiger charge is -2.18. The van der Waals surface area contributed by atoms with E-state index in [1.165, 1.54) is 117 Å². The van der Waals surface area contributed by atoms with Crippen LogP contribution in [-0.2, 0) is 0 Å². The van der Waals surface area contributed by atoms with E-state index in [-0.39, 0.29) is 0 Å². The van der Waals surface area contributed by atoms with E-state index in [1.807, 2.05) is 22.7 Å². The lowest BCUT2D eigenvalue weighted by molar-refractivity contribution is 1.63. The average molecular weight is 719 g/mol. The van der Waals surface area contributed by atoms with Gasteiger partial charge in [0.15, 0.2) is 0 Å². The van der Waals surface area contributed by atoms with E-state index < -0.39 is 0 Å². The van der Waals surface area contributed by atoms with Gasteiger partial charge in [-0.15, -0.1) is 22.7 Å². The minimum Gasteiger partial charge on any atom is -0.135 e. The van der Waals surface area contributed by atoms with E-state index in [0.29, 0.717) is 0 Å². The Morgan fingerprint density at radius 1 is 0.222 bits per heavy atom. The molecule has 0 saturated carbocycles. The fourth-order valence-corrected chi connectivity index (χ4v) is 11.1. The predicted octanol–water partition coefficient (Wildman–Crippen LogP) is 16.0. The van der Waals surface area contributed by atoms with Gasteiger partial charge in [0.2, 0.25) is 0 Å². The van der Waals surface area contributed by atoms with Crippen LogP contribution in [0.2, 0.25) is 0 Å². The molecule has 54 heavy (non-hydrogen) atoms. The van der Waals surface area contributed by atoms with Gasteiger partial charge < -0.3 is 0 Å². The fraction of sp³-hybridized carbons (Fsp3) is 0. The lowest BCUT2D eigenvalue weighted by atomic mass is 9.85. The number of benzene rings is 10. The normalized spacial score (nSPS) is 12.1. The molecule has 2 heteroatoms. The first kappa shape index (κ1) is 30.2. The molecule has 0 radical (unpaired) electrons. The third-order valence-electron chi connectivity index (χ3n) is 11.4. The summed E-state index contributed by atoms with van der Waals surface area (Å²) in [4.78, 5) is 0. The van der Waals surface area contributed by atoms with Crippen molar-refractivity contribution in [3.63, 3.8) is 0 Å². The molecule has 0 N–H and O–H groups in total. The minimum absolute atomic E-state index is 1.23. The van der Waals surface area contributed by atoms with Gasteiger partial charge in [0.25, 0.3) is 0 Å². The number of rotatable bonds is 3. The molecule has 0 atom stereocenters. The molecule has 0 aliphatic rings. The zero-order chi connectivity index (χ0) is 35.3. The van der Waals surface area contributed by atoms with Gasteiger partial charge in [-0.25, -0.2) is 0 Å². The van der Waals surface area contributed by atoms with Crippen LogP contribution in [0.15, 0.2) is 182 Å². The highest BCUT2D eigenvalue weighted by molar-refractivity contribution is 7.26. The van der Waals surface area contributed by atoms with E-state index in [1.54, 1.807) is 0 Å². The SMILES string of the molecule is c1ccc2cc(-c3c4ccccc4c(-c4ccc(-c5ccc6sc7cc8cc9c(cc8cc7c6c5)sc5ccccc59)cc4)c4ccccc34)ccc2c1. The third kappa shape index (κ3) is 4.54. The Hall–Kier alpha value is -6.32. The maximum Gasteiger partial charge on any atom is 0.0361 e. The summed E-state index contributed by atoms with van der Waals surface area (Å²) in [6, 6.07) is 68.0. The monoisotopic (exact) mass is 718 g/mol. The van der Waals surface area contributed by atoms with Gasteiger partial charge >= 0.3 is 0 Å². The molecule has 0 fully saturated rings. The van der Waals surface area contributed by atoms with Crippen molar-refractivity contribution in [1.29, 1.82) is 0 Å². The standard InChI is InChI=1S/C52H30S2/c1-2-10-34-25-36(22-19-31(34)9-1)52-42-14-5-3-12-40(42)51(41-13-4-6-15-43(41)52)33-20-17-32(18-21-33)35-23-24-48-45(26-35)46-28-38-29-49-44(27-37(38)30-50(46)54-48)39-11-7-8-16-47(39)53-49/h1-30H. The van der Waals surface area contributed by atoms with Crippen molar-refractivity contribution < 1.29 is 0 Å². The molecular formula is C52H30S2. The maximum absolute atomic E-state index is 2.41. The molecule has 2 aromatic heterocycles. The van der Waals surface area contributed by atoms with Crippen molar-refractivity contribution in [1.82, 2.24) is 0 Å². The van der Waals surface area contributed by atoms with Gasteiger partial charge in [-0.2, -0.15) is 0 Å². The van der Waals surface area contributed by atoms with Gasteiger partial charge in [0, 0.05) is 40.3 Å². The summed E-state index contributed by atoms with van der Waals surface area (Å²) in [6.07, 6.45) is 0. The van der Waals surface area contributed by atoms with Crippen LogP contribution in [0.5, 0.6) is 0 Å². The molecule has 12 rings (SSSR count). The summed E-state index contributed by atoms with van der Waals surface area (Å²) < 4.78 is 5.38. The Morgan fingerprint density at radius 3 is 1.35 bits per heavy atom. The first-order chi connectivity index (χ1) is 26.7. The van der Waals surface area contributed by atoms with Crippen LogP contribution in [-0.4, -0.2) is 0 Å². The zero-order valence-corrected chi connectivity index (χ0v) is 30.8. The summed E-state index contributed by atoms with van der Waals surface area (Å²) in [7, 11) is 0. The molecule has 0 aliphatic heterocycles. The molecule has 0 aliphatic carbocycles. The van der Waals surface area contributed by atoms with Crippen molar-refractivity contribution in [3.8, 4) is 33.4 Å². The summed E-state index contributed by atoms with van der Waals surface area (Å²) in [5.74, 6) is 0. The van der Waals surface area contributed by atoms with E-state index in [2.05, 4.69) is 182 Å². The highest BCUT2D eigenvalue weighted by atomic mass is 32.1. The second-order valence-corrected chi connectivity index (χ2v) is 16.6. The zero-order valence-electron chi connectivity index (χ0n) is 29.1. The van der Waals surface area contributed by atoms with Crippen molar-refractivity contribution >= 4 is 106 Å². The molecule has 10 aromatic carbocycles. The summed E-state index contributed by atoms with van der Waals surface area (Å²) in [5, 5.41) is 15.6. The van der Waals surface area contributed by atoms with E-state index in [4.69, 9.17) is 0 Å². The minimum atomic E-state index is 1.23. The Morgan fingerprint density at radius 2 is 0.685 bits per heavy atom. The predicted molar refractivity (Wildman–Crippen MR) is 239 cm³/mol. The second kappa shape index (κ2) is 11.6. The van der Waals surface area contributed by atoms with Crippen molar-refractivity contribution in [3.05, 3.63) is 182 Å². The summed E-state index contributed by atoms with van der Waals surface area (Å²) >= 11 is 3.79. The second-order valence-electron chi connectivity index (χ2n) is 14.4.